The van der Waals surface area contributed by atoms with Gasteiger partial charge in [-0.25, -0.2) is 4.98 Å². The fraction of sp³-hybridized carbons (Fsp3) is 0.700. The molecule has 0 aliphatic heterocycles. The lowest BCUT2D eigenvalue weighted by atomic mass is 10.2. The topological polar surface area (TPSA) is 47.8 Å². The molecule has 0 saturated carbocycles. The Labute approximate surface area is 84.3 Å². The van der Waals surface area contributed by atoms with E-state index in [4.69, 9.17) is 0 Å². The van der Waals surface area contributed by atoms with Gasteiger partial charge in [0.1, 0.15) is 17.9 Å². The van der Waals surface area contributed by atoms with Crippen LogP contribution in [0.2, 0.25) is 0 Å². The lowest BCUT2D eigenvalue weighted by Crippen LogP contribution is -2.06. The van der Waals surface area contributed by atoms with Gasteiger partial charge in [0.05, 0.1) is 0 Å². The molecule has 78 valence electrons. The van der Waals surface area contributed by atoms with Crippen LogP contribution in [0, 0.1) is 0 Å². The number of rotatable bonds is 6. The standard InChI is InChI=1S/C10H17N3O/c1-3-7-13-10(11-8-12-13)6-4-5-9(2)14/h8H,3-7H2,1-2H3. The number of carbonyl (C=O) groups is 1. The van der Waals surface area contributed by atoms with Crippen LogP contribution in [0.15, 0.2) is 6.33 Å². The van der Waals surface area contributed by atoms with E-state index >= 15 is 0 Å². The number of aryl methyl sites for hydroxylation is 2. The molecule has 0 aliphatic carbocycles. The summed E-state index contributed by atoms with van der Waals surface area (Å²) in [5, 5.41) is 4.12. The lowest BCUT2D eigenvalue weighted by Gasteiger charge is -2.02. The summed E-state index contributed by atoms with van der Waals surface area (Å²) in [5.74, 6) is 1.24. The second-order valence-corrected chi connectivity index (χ2v) is 3.45. The Hall–Kier alpha value is -1.19. The van der Waals surface area contributed by atoms with Crippen LogP contribution in [-0.4, -0.2) is 20.5 Å². The third-order valence-electron chi connectivity index (χ3n) is 2.06. The number of Topliss-reactive ketones (excluding diaryl/α,β-unsaturated/α-hetero) is 1. The number of nitrogens with zero attached hydrogens (tertiary/aromatic N) is 3. The van der Waals surface area contributed by atoms with E-state index in [0.717, 1.165) is 31.6 Å². The van der Waals surface area contributed by atoms with Crippen molar-refractivity contribution in [3.8, 4) is 0 Å². The first-order valence-electron chi connectivity index (χ1n) is 5.10. The molecule has 0 aliphatic rings. The van der Waals surface area contributed by atoms with Crippen LogP contribution in [0.4, 0.5) is 0 Å². The maximum absolute atomic E-state index is 10.7. The highest BCUT2D eigenvalue weighted by atomic mass is 16.1. The van der Waals surface area contributed by atoms with Crippen molar-refractivity contribution in [3.63, 3.8) is 0 Å². The minimum Gasteiger partial charge on any atom is -0.300 e. The van der Waals surface area contributed by atoms with Crippen molar-refractivity contribution in [1.29, 1.82) is 0 Å². The van der Waals surface area contributed by atoms with Gasteiger partial charge in [-0.15, -0.1) is 0 Å². The summed E-state index contributed by atoms with van der Waals surface area (Å²) in [6.45, 7) is 4.65. The highest BCUT2D eigenvalue weighted by Gasteiger charge is 2.03. The van der Waals surface area contributed by atoms with Gasteiger partial charge in [-0.1, -0.05) is 6.92 Å². The first kappa shape index (κ1) is 10.9. The van der Waals surface area contributed by atoms with Crippen molar-refractivity contribution in [2.24, 2.45) is 0 Å². The van der Waals surface area contributed by atoms with Gasteiger partial charge in [-0.2, -0.15) is 5.10 Å². The Morgan fingerprint density at radius 2 is 2.36 bits per heavy atom. The molecule has 0 aromatic carbocycles. The minimum atomic E-state index is 0.242. The molecule has 0 N–H and O–H groups in total. The first-order valence-corrected chi connectivity index (χ1v) is 5.10. The van der Waals surface area contributed by atoms with Crippen molar-refractivity contribution in [2.45, 2.75) is 46.1 Å². The molecule has 14 heavy (non-hydrogen) atoms. The Balaban J connectivity index is 2.41. The predicted molar refractivity (Wildman–Crippen MR) is 53.9 cm³/mol. The molecule has 0 radical (unpaired) electrons. The summed E-state index contributed by atoms with van der Waals surface area (Å²) >= 11 is 0. The van der Waals surface area contributed by atoms with Crippen molar-refractivity contribution in [3.05, 3.63) is 12.2 Å². The van der Waals surface area contributed by atoms with Crippen LogP contribution < -0.4 is 0 Å². The van der Waals surface area contributed by atoms with Gasteiger partial charge in [0.15, 0.2) is 0 Å². The smallest absolute Gasteiger partial charge is 0.138 e. The summed E-state index contributed by atoms with van der Waals surface area (Å²) in [6, 6.07) is 0. The Morgan fingerprint density at radius 3 is 3.00 bits per heavy atom. The number of hydrogen-bond acceptors (Lipinski definition) is 3. The SMILES string of the molecule is CCCn1ncnc1CCCC(C)=O. The Morgan fingerprint density at radius 1 is 1.57 bits per heavy atom. The van der Waals surface area contributed by atoms with Crippen LogP contribution in [0.1, 0.15) is 38.9 Å². The van der Waals surface area contributed by atoms with Crippen LogP contribution >= 0.6 is 0 Å². The minimum absolute atomic E-state index is 0.242. The number of carbonyl (C=O) groups excluding carboxylic acids is 1. The zero-order valence-electron chi connectivity index (χ0n) is 8.86. The van der Waals surface area contributed by atoms with E-state index in [0.29, 0.717) is 6.42 Å². The summed E-state index contributed by atoms with van der Waals surface area (Å²) in [5.41, 5.74) is 0. The van der Waals surface area contributed by atoms with Crippen LogP contribution in [0.25, 0.3) is 0 Å². The Kier molecular flexibility index (Phi) is 4.29. The van der Waals surface area contributed by atoms with E-state index in [2.05, 4.69) is 17.0 Å². The third-order valence-corrected chi connectivity index (χ3v) is 2.06. The molecule has 0 fully saturated rings. The highest BCUT2D eigenvalue weighted by molar-refractivity contribution is 5.75. The molecule has 4 nitrogen and oxygen atoms in total. The molecular weight excluding hydrogens is 178 g/mol. The summed E-state index contributed by atoms with van der Waals surface area (Å²) in [7, 11) is 0. The fourth-order valence-corrected chi connectivity index (χ4v) is 1.38. The average Bonchev–Trinajstić information content (AvgIpc) is 2.53. The van der Waals surface area contributed by atoms with Gasteiger partial charge in [0.2, 0.25) is 0 Å². The van der Waals surface area contributed by atoms with Crippen LogP contribution in [-0.2, 0) is 17.8 Å². The average molecular weight is 195 g/mol. The zero-order valence-corrected chi connectivity index (χ0v) is 8.86. The largest absolute Gasteiger partial charge is 0.300 e. The van der Waals surface area contributed by atoms with E-state index in [9.17, 15) is 4.79 Å². The molecule has 0 saturated heterocycles. The molecule has 0 amide bonds. The lowest BCUT2D eigenvalue weighted by molar-refractivity contribution is -0.117. The van der Waals surface area contributed by atoms with E-state index in [-0.39, 0.29) is 5.78 Å². The van der Waals surface area contributed by atoms with Crippen molar-refractivity contribution in [1.82, 2.24) is 14.8 Å². The Bertz CT molecular complexity index is 293. The van der Waals surface area contributed by atoms with Gasteiger partial charge < -0.3 is 4.79 Å². The molecule has 0 bridgehead atoms. The van der Waals surface area contributed by atoms with Gasteiger partial charge >= 0.3 is 0 Å². The normalized spacial score (nSPS) is 10.4. The molecule has 1 rings (SSSR count). The van der Waals surface area contributed by atoms with E-state index < -0.39 is 0 Å². The third kappa shape index (κ3) is 3.28. The summed E-state index contributed by atoms with van der Waals surface area (Å²) in [6.07, 6.45) is 5.00. The first-order chi connectivity index (χ1) is 6.74. The number of aromatic nitrogens is 3. The van der Waals surface area contributed by atoms with Crippen molar-refractivity contribution < 1.29 is 4.79 Å². The maximum Gasteiger partial charge on any atom is 0.138 e. The summed E-state index contributed by atoms with van der Waals surface area (Å²) in [4.78, 5) is 14.9. The van der Waals surface area contributed by atoms with Crippen molar-refractivity contribution >= 4 is 5.78 Å². The quantitative estimate of drug-likeness (QED) is 0.692. The molecular formula is C10H17N3O. The highest BCUT2D eigenvalue weighted by Crippen LogP contribution is 2.02. The van der Waals surface area contributed by atoms with E-state index in [1.807, 2.05) is 4.68 Å². The molecule has 0 spiro atoms. The van der Waals surface area contributed by atoms with Crippen LogP contribution in [0.5, 0.6) is 0 Å². The molecule has 1 aromatic rings. The summed E-state index contributed by atoms with van der Waals surface area (Å²) < 4.78 is 1.92. The molecule has 0 unspecified atom stereocenters. The second kappa shape index (κ2) is 5.52. The van der Waals surface area contributed by atoms with Gasteiger partial charge in [0.25, 0.3) is 0 Å². The maximum atomic E-state index is 10.7. The molecule has 1 aromatic heterocycles. The molecule has 1 heterocycles. The van der Waals surface area contributed by atoms with Crippen molar-refractivity contribution in [2.75, 3.05) is 0 Å². The van der Waals surface area contributed by atoms with E-state index in [1.54, 1.807) is 13.3 Å². The predicted octanol–water partition coefficient (Wildman–Crippen LogP) is 1.60. The van der Waals surface area contributed by atoms with Gasteiger partial charge in [-0.3, -0.25) is 4.68 Å². The zero-order chi connectivity index (χ0) is 10.4. The molecule has 0 atom stereocenters. The monoisotopic (exact) mass is 195 g/mol. The number of ketones is 1. The molecule has 4 heteroatoms. The van der Waals surface area contributed by atoms with Crippen LogP contribution in [0.3, 0.4) is 0 Å². The number of hydrogen-bond donors (Lipinski definition) is 0. The second-order valence-electron chi connectivity index (χ2n) is 3.45. The van der Waals surface area contributed by atoms with Gasteiger partial charge in [0, 0.05) is 19.4 Å². The fourth-order valence-electron chi connectivity index (χ4n) is 1.38. The van der Waals surface area contributed by atoms with Gasteiger partial charge in [-0.05, 0) is 19.8 Å². The van der Waals surface area contributed by atoms with E-state index in [1.165, 1.54) is 0 Å².